The first-order chi connectivity index (χ1) is 6.19. The Morgan fingerprint density at radius 1 is 1.69 bits per heavy atom. The summed E-state index contributed by atoms with van der Waals surface area (Å²) in [5.41, 5.74) is 0. The maximum Gasteiger partial charge on any atom is 0.247 e. The van der Waals surface area contributed by atoms with Crippen molar-refractivity contribution in [2.45, 2.75) is 6.04 Å². The number of rotatable bonds is 1. The zero-order valence-corrected chi connectivity index (χ0v) is 8.07. The number of amides is 1. The van der Waals surface area contributed by atoms with E-state index < -0.39 is 6.04 Å². The first kappa shape index (κ1) is 10.1. The fraction of sp³-hybridized carbons (Fsp3) is 0.500. The normalized spacial score (nSPS) is 23.7. The summed E-state index contributed by atoms with van der Waals surface area (Å²) in [6.07, 6.45) is 1.23. The molecule has 70 valence electrons. The third-order valence-electron chi connectivity index (χ3n) is 1.97. The van der Waals surface area contributed by atoms with Gasteiger partial charge < -0.3 is 4.90 Å². The molecule has 0 aromatic carbocycles. The van der Waals surface area contributed by atoms with Crippen LogP contribution in [0.15, 0.2) is 12.7 Å². The third kappa shape index (κ3) is 2.23. The molecule has 13 heavy (non-hydrogen) atoms. The van der Waals surface area contributed by atoms with Gasteiger partial charge in [0.15, 0.2) is 0 Å². The number of nitrogens with zero attached hydrogens (tertiary/aromatic N) is 3. The standard InChI is InChI=1S/C8H11N3OS/c1-2-8(12)11-4-3-10(13)6-7(11)5-9/h2,7,13H,1,3-4,6H2. The average molecular weight is 197 g/mol. The van der Waals surface area contributed by atoms with E-state index in [2.05, 4.69) is 25.5 Å². The molecule has 1 heterocycles. The SMILES string of the molecule is C=CC(=O)N1CCN(S)CC1C#N. The molecule has 1 fully saturated rings. The fourth-order valence-corrected chi connectivity index (χ4v) is 1.50. The van der Waals surface area contributed by atoms with Crippen LogP contribution in [-0.4, -0.2) is 40.8 Å². The Labute approximate surface area is 83.0 Å². The number of carbonyl (C=O) groups is 1. The smallest absolute Gasteiger partial charge is 0.247 e. The summed E-state index contributed by atoms with van der Waals surface area (Å²) in [6, 6.07) is 1.66. The predicted octanol–water partition coefficient (Wildman–Crippen LogP) is 0.0536. The molecule has 0 bridgehead atoms. The fourth-order valence-electron chi connectivity index (χ4n) is 1.26. The number of carbonyl (C=O) groups excluding carboxylic acids is 1. The van der Waals surface area contributed by atoms with Crippen molar-refractivity contribution in [3.05, 3.63) is 12.7 Å². The molecule has 1 aliphatic heterocycles. The molecule has 1 atom stereocenters. The molecule has 1 amide bonds. The molecule has 4 nitrogen and oxygen atoms in total. The van der Waals surface area contributed by atoms with Gasteiger partial charge in [-0.15, -0.1) is 0 Å². The molecule has 0 N–H and O–H groups in total. The molecule has 0 aromatic rings. The zero-order chi connectivity index (χ0) is 9.84. The minimum atomic E-state index is -0.406. The van der Waals surface area contributed by atoms with Gasteiger partial charge in [0.1, 0.15) is 6.04 Å². The first-order valence-corrected chi connectivity index (χ1v) is 4.35. The van der Waals surface area contributed by atoms with Gasteiger partial charge in [0.25, 0.3) is 0 Å². The van der Waals surface area contributed by atoms with Gasteiger partial charge in [-0.2, -0.15) is 5.26 Å². The summed E-state index contributed by atoms with van der Waals surface area (Å²) in [5, 5.41) is 8.78. The van der Waals surface area contributed by atoms with Crippen molar-refractivity contribution in [2.24, 2.45) is 0 Å². The van der Waals surface area contributed by atoms with Gasteiger partial charge in [0, 0.05) is 19.6 Å². The van der Waals surface area contributed by atoms with Crippen molar-refractivity contribution in [3.8, 4) is 6.07 Å². The van der Waals surface area contributed by atoms with E-state index in [1.165, 1.54) is 11.0 Å². The van der Waals surface area contributed by atoms with E-state index in [1.54, 1.807) is 4.31 Å². The lowest BCUT2D eigenvalue weighted by Crippen LogP contribution is -2.51. The Kier molecular flexibility index (Phi) is 3.34. The van der Waals surface area contributed by atoms with Crippen LogP contribution in [0.5, 0.6) is 0 Å². The molecule has 1 aliphatic rings. The molecular weight excluding hydrogens is 186 g/mol. The molecule has 5 heteroatoms. The largest absolute Gasteiger partial charge is 0.320 e. The van der Waals surface area contributed by atoms with Crippen LogP contribution < -0.4 is 0 Å². The maximum absolute atomic E-state index is 11.3. The molecule has 0 radical (unpaired) electrons. The van der Waals surface area contributed by atoms with Crippen molar-refractivity contribution >= 4 is 18.7 Å². The van der Waals surface area contributed by atoms with Gasteiger partial charge >= 0.3 is 0 Å². The highest BCUT2D eigenvalue weighted by Crippen LogP contribution is 2.10. The highest BCUT2D eigenvalue weighted by Gasteiger charge is 2.27. The summed E-state index contributed by atoms with van der Waals surface area (Å²) in [4.78, 5) is 12.8. The minimum Gasteiger partial charge on any atom is -0.320 e. The second-order valence-corrected chi connectivity index (χ2v) is 3.36. The highest BCUT2D eigenvalue weighted by atomic mass is 32.1. The third-order valence-corrected chi connectivity index (χ3v) is 2.33. The maximum atomic E-state index is 11.3. The van der Waals surface area contributed by atoms with E-state index >= 15 is 0 Å². The van der Waals surface area contributed by atoms with E-state index in [-0.39, 0.29) is 5.91 Å². The minimum absolute atomic E-state index is 0.187. The summed E-state index contributed by atoms with van der Waals surface area (Å²) in [7, 11) is 0. The molecule has 0 aromatic heterocycles. The van der Waals surface area contributed by atoms with E-state index in [9.17, 15) is 4.79 Å². The molecular formula is C8H11N3OS. The summed E-state index contributed by atoms with van der Waals surface area (Å²) in [6.45, 7) is 5.09. The number of nitriles is 1. The van der Waals surface area contributed by atoms with Gasteiger partial charge in [-0.1, -0.05) is 19.4 Å². The Bertz CT molecular complexity index is 261. The monoisotopic (exact) mass is 197 g/mol. The van der Waals surface area contributed by atoms with Crippen molar-refractivity contribution in [1.29, 1.82) is 5.26 Å². The Balaban J connectivity index is 2.69. The second-order valence-electron chi connectivity index (χ2n) is 2.79. The zero-order valence-electron chi connectivity index (χ0n) is 7.18. The topological polar surface area (TPSA) is 47.3 Å². The quantitative estimate of drug-likeness (QED) is 0.477. The van der Waals surface area contributed by atoms with Crippen LogP contribution in [0.3, 0.4) is 0 Å². The second kappa shape index (κ2) is 4.30. The van der Waals surface area contributed by atoms with Crippen LogP contribution in [-0.2, 0) is 4.79 Å². The Morgan fingerprint density at radius 3 is 2.92 bits per heavy atom. The molecule has 0 aliphatic carbocycles. The van der Waals surface area contributed by atoms with Crippen LogP contribution in [0.2, 0.25) is 0 Å². The van der Waals surface area contributed by atoms with Crippen molar-refractivity contribution in [3.63, 3.8) is 0 Å². The predicted molar refractivity (Wildman–Crippen MR) is 51.9 cm³/mol. The van der Waals surface area contributed by atoms with Gasteiger partial charge in [0.05, 0.1) is 6.07 Å². The molecule has 1 unspecified atom stereocenters. The molecule has 1 rings (SSSR count). The molecule has 1 saturated heterocycles. The number of piperazine rings is 1. The van der Waals surface area contributed by atoms with E-state index in [4.69, 9.17) is 5.26 Å². The van der Waals surface area contributed by atoms with Crippen LogP contribution in [0.25, 0.3) is 0 Å². The molecule has 0 saturated carbocycles. The lowest BCUT2D eigenvalue weighted by atomic mass is 10.2. The summed E-state index contributed by atoms with van der Waals surface area (Å²) in [5.74, 6) is -0.187. The van der Waals surface area contributed by atoms with Crippen molar-refractivity contribution < 1.29 is 4.79 Å². The van der Waals surface area contributed by atoms with Gasteiger partial charge in [-0.3, -0.25) is 4.79 Å². The summed E-state index contributed by atoms with van der Waals surface area (Å²) >= 11 is 4.13. The number of hydrogen-bond donors (Lipinski definition) is 1. The van der Waals surface area contributed by atoms with Crippen molar-refractivity contribution in [1.82, 2.24) is 9.21 Å². The Hall–Kier alpha value is -0.990. The highest BCUT2D eigenvalue weighted by molar-refractivity contribution is 7.77. The van der Waals surface area contributed by atoms with Crippen LogP contribution in [0.4, 0.5) is 0 Å². The van der Waals surface area contributed by atoms with Crippen LogP contribution >= 0.6 is 12.8 Å². The lowest BCUT2D eigenvalue weighted by Gasteiger charge is -2.34. The van der Waals surface area contributed by atoms with E-state index in [0.717, 1.165) is 0 Å². The first-order valence-electron chi connectivity index (χ1n) is 3.95. The van der Waals surface area contributed by atoms with E-state index in [0.29, 0.717) is 19.6 Å². The van der Waals surface area contributed by atoms with Gasteiger partial charge in [-0.25, -0.2) is 4.31 Å². The van der Waals surface area contributed by atoms with Crippen LogP contribution in [0, 0.1) is 11.3 Å². The number of thiol groups is 1. The Morgan fingerprint density at radius 2 is 2.38 bits per heavy atom. The van der Waals surface area contributed by atoms with Crippen molar-refractivity contribution in [2.75, 3.05) is 19.6 Å². The van der Waals surface area contributed by atoms with Gasteiger partial charge in [0.2, 0.25) is 5.91 Å². The van der Waals surface area contributed by atoms with Crippen LogP contribution in [0.1, 0.15) is 0 Å². The number of hydrogen-bond acceptors (Lipinski definition) is 4. The lowest BCUT2D eigenvalue weighted by molar-refractivity contribution is -0.128. The van der Waals surface area contributed by atoms with Gasteiger partial charge in [-0.05, 0) is 6.08 Å². The average Bonchev–Trinajstić information content (AvgIpc) is 2.16. The molecule has 0 spiro atoms. The van der Waals surface area contributed by atoms with E-state index in [1.807, 2.05) is 0 Å². The summed E-state index contributed by atoms with van der Waals surface area (Å²) < 4.78 is 1.74.